The second-order valence-corrected chi connectivity index (χ2v) is 7.31. The van der Waals surface area contributed by atoms with Gasteiger partial charge in [-0.15, -0.1) is 0 Å². The summed E-state index contributed by atoms with van der Waals surface area (Å²) in [4.78, 5) is 11.7. The van der Waals surface area contributed by atoms with E-state index in [0.717, 1.165) is 11.6 Å². The molecule has 8 heteroatoms. The topological polar surface area (TPSA) is 66.8 Å². The van der Waals surface area contributed by atoms with Crippen molar-refractivity contribution in [1.82, 2.24) is 0 Å². The SMILES string of the molecule is Cc1c(O)c(O)c(C=O)c(COCc2ccccc2)c1-c1ccc(Cl)cc1C(F)(F)F. The zero-order chi connectivity index (χ0) is 22.8. The molecule has 162 valence electrons. The average Bonchev–Trinajstić information content (AvgIpc) is 2.73. The molecule has 31 heavy (non-hydrogen) atoms. The number of benzene rings is 3. The molecule has 0 aliphatic rings. The van der Waals surface area contributed by atoms with Crippen LogP contribution in [0.2, 0.25) is 5.02 Å². The molecule has 0 saturated heterocycles. The van der Waals surface area contributed by atoms with Crippen LogP contribution in [0.1, 0.15) is 32.6 Å². The van der Waals surface area contributed by atoms with Gasteiger partial charge in [0.2, 0.25) is 0 Å². The lowest BCUT2D eigenvalue weighted by Crippen LogP contribution is -2.10. The van der Waals surface area contributed by atoms with E-state index in [9.17, 15) is 28.2 Å². The molecule has 0 amide bonds. The molecule has 0 radical (unpaired) electrons. The number of carbonyl (C=O) groups is 1. The second kappa shape index (κ2) is 8.99. The number of aromatic hydroxyl groups is 2. The van der Waals surface area contributed by atoms with Crippen molar-refractivity contribution in [2.75, 3.05) is 0 Å². The fourth-order valence-corrected chi connectivity index (χ4v) is 3.56. The molecular weight excluding hydrogens is 433 g/mol. The van der Waals surface area contributed by atoms with Crippen molar-refractivity contribution in [1.29, 1.82) is 0 Å². The lowest BCUT2D eigenvalue weighted by molar-refractivity contribution is -0.137. The summed E-state index contributed by atoms with van der Waals surface area (Å²) in [5.41, 5.74) is -0.871. The summed E-state index contributed by atoms with van der Waals surface area (Å²) < 4.78 is 46.9. The number of aldehydes is 1. The summed E-state index contributed by atoms with van der Waals surface area (Å²) in [5.74, 6) is -1.39. The van der Waals surface area contributed by atoms with Crippen LogP contribution in [0.4, 0.5) is 13.2 Å². The third kappa shape index (κ3) is 4.68. The third-order valence-electron chi connectivity index (χ3n) is 4.87. The monoisotopic (exact) mass is 450 g/mol. The number of alkyl halides is 3. The quantitative estimate of drug-likeness (QED) is 0.343. The highest BCUT2D eigenvalue weighted by molar-refractivity contribution is 6.30. The van der Waals surface area contributed by atoms with E-state index < -0.39 is 23.2 Å². The molecule has 4 nitrogen and oxygen atoms in total. The molecule has 0 fully saturated rings. The van der Waals surface area contributed by atoms with Gasteiger partial charge in [-0.05, 0) is 35.7 Å². The van der Waals surface area contributed by atoms with Crippen molar-refractivity contribution in [3.05, 3.63) is 81.4 Å². The van der Waals surface area contributed by atoms with E-state index in [1.165, 1.54) is 19.1 Å². The Kier molecular flexibility index (Phi) is 6.57. The van der Waals surface area contributed by atoms with Crippen LogP contribution < -0.4 is 0 Å². The summed E-state index contributed by atoms with van der Waals surface area (Å²) in [5, 5.41) is 20.4. The van der Waals surface area contributed by atoms with Gasteiger partial charge in [0.1, 0.15) is 0 Å². The van der Waals surface area contributed by atoms with E-state index in [-0.39, 0.29) is 52.3 Å². The van der Waals surface area contributed by atoms with Crippen molar-refractivity contribution in [2.24, 2.45) is 0 Å². The van der Waals surface area contributed by atoms with Gasteiger partial charge in [0, 0.05) is 16.1 Å². The number of ether oxygens (including phenoxy) is 1. The van der Waals surface area contributed by atoms with Crippen LogP contribution in [0.5, 0.6) is 11.5 Å². The van der Waals surface area contributed by atoms with Gasteiger partial charge in [-0.3, -0.25) is 4.79 Å². The molecule has 0 atom stereocenters. The molecule has 2 N–H and O–H groups in total. The van der Waals surface area contributed by atoms with E-state index in [0.29, 0.717) is 0 Å². The Morgan fingerprint density at radius 1 is 1.03 bits per heavy atom. The molecule has 0 unspecified atom stereocenters. The molecule has 3 rings (SSSR count). The van der Waals surface area contributed by atoms with Crippen LogP contribution >= 0.6 is 11.6 Å². The first kappa shape index (κ1) is 22.7. The van der Waals surface area contributed by atoms with Gasteiger partial charge in [0.05, 0.1) is 24.3 Å². The Balaban J connectivity index is 2.18. The Labute approximate surface area is 181 Å². The number of phenols is 2. The van der Waals surface area contributed by atoms with E-state index in [1.807, 2.05) is 18.2 Å². The molecular formula is C23H18ClF3O4. The highest BCUT2D eigenvalue weighted by Crippen LogP contribution is 2.46. The molecule has 3 aromatic carbocycles. The van der Waals surface area contributed by atoms with E-state index in [1.54, 1.807) is 12.1 Å². The fraction of sp³-hybridized carbons (Fsp3) is 0.174. The Bertz CT molecular complexity index is 1110. The molecule has 0 saturated carbocycles. The highest BCUT2D eigenvalue weighted by Gasteiger charge is 2.36. The maximum absolute atomic E-state index is 13.7. The summed E-state index contributed by atoms with van der Waals surface area (Å²) in [6.45, 7) is 1.22. The lowest BCUT2D eigenvalue weighted by atomic mass is 9.88. The molecule has 0 heterocycles. The molecule has 0 bridgehead atoms. The number of carbonyl (C=O) groups excluding carboxylic acids is 1. The standard InChI is InChI=1S/C23H18ClF3O4/c1-13-20(16-8-7-15(24)9-19(16)23(25,26)27)18(17(10-28)22(30)21(13)29)12-31-11-14-5-3-2-4-6-14/h2-10,29-30H,11-12H2,1H3. The molecule has 0 aliphatic heterocycles. The number of rotatable bonds is 6. The van der Waals surface area contributed by atoms with Gasteiger partial charge < -0.3 is 14.9 Å². The molecule has 0 aliphatic carbocycles. The average molecular weight is 451 g/mol. The largest absolute Gasteiger partial charge is 0.504 e. The van der Waals surface area contributed by atoms with Crippen LogP contribution in [-0.2, 0) is 24.1 Å². The Morgan fingerprint density at radius 3 is 2.32 bits per heavy atom. The van der Waals surface area contributed by atoms with Crippen LogP contribution in [0.15, 0.2) is 48.5 Å². The minimum Gasteiger partial charge on any atom is -0.504 e. The second-order valence-electron chi connectivity index (χ2n) is 6.87. The van der Waals surface area contributed by atoms with Crippen molar-refractivity contribution in [3.63, 3.8) is 0 Å². The van der Waals surface area contributed by atoms with Crippen molar-refractivity contribution in [2.45, 2.75) is 26.3 Å². The van der Waals surface area contributed by atoms with E-state index >= 15 is 0 Å². The fourth-order valence-electron chi connectivity index (χ4n) is 3.38. The summed E-state index contributed by atoms with van der Waals surface area (Å²) in [6.07, 6.45) is -4.47. The van der Waals surface area contributed by atoms with Crippen molar-refractivity contribution >= 4 is 17.9 Å². The zero-order valence-electron chi connectivity index (χ0n) is 16.3. The van der Waals surface area contributed by atoms with Gasteiger partial charge in [-0.2, -0.15) is 13.2 Å². The number of hydrogen-bond donors (Lipinski definition) is 2. The first-order chi connectivity index (χ1) is 14.6. The molecule has 0 aromatic heterocycles. The Hall–Kier alpha value is -3.03. The van der Waals surface area contributed by atoms with Crippen LogP contribution in [0.25, 0.3) is 11.1 Å². The first-order valence-corrected chi connectivity index (χ1v) is 9.54. The summed E-state index contributed by atoms with van der Waals surface area (Å²) >= 11 is 5.79. The first-order valence-electron chi connectivity index (χ1n) is 9.16. The van der Waals surface area contributed by atoms with Crippen LogP contribution in [0.3, 0.4) is 0 Å². The summed E-state index contributed by atoms with van der Waals surface area (Å²) in [7, 11) is 0. The van der Waals surface area contributed by atoms with Crippen molar-refractivity contribution < 1.29 is 32.9 Å². The minimum absolute atomic E-state index is 0.0192. The normalized spacial score (nSPS) is 11.5. The summed E-state index contributed by atoms with van der Waals surface area (Å²) in [6, 6.07) is 12.3. The number of phenolic OH excluding ortho intramolecular Hbond substituents is 2. The van der Waals surface area contributed by atoms with Gasteiger partial charge in [0.15, 0.2) is 17.8 Å². The van der Waals surface area contributed by atoms with Crippen molar-refractivity contribution in [3.8, 4) is 22.6 Å². The lowest BCUT2D eigenvalue weighted by Gasteiger charge is -2.21. The minimum atomic E-state index is -4.75. The van der Waals surface area contributed by atoms with Gasteiger partial charge in [-0.1, -0.05) is 48.0 Å². The highest BCUT2D eigenvalue weighted by atomic mass is 35.5. The van der Waals surface area contributed by atoms with Crippen LogP contribution in [0, 0.1) is 6.92 Å². The van der Waals surface area contributed by atoms with Gasteiger partial charge in [0.25, 0.3) is 0 Å². The molecule has 3 aromatic rings. The smallest absolute Gasteiger partial charge is 0.417 e. The van der Waals surface area contributed by atoms with E-state index in [2.05, 4.69) is 0 Å². The predicted molar refractivity (Wildman–Crippen MR) is 110 cm³/mol. The van der Waals surface area contributed by atoms with Gasteiger partial charge in [-0.25, -0.2) is 0 Å². The number of hydrogen-bond acceptors (Lipinski definition) is 4. The van der Waals surface area contributed by atoms with E-state index in [4.69, 9.17) is 16.3 Å². The Morgan fingerprint density at radius 2 is 1.71 bits per heavy atom. The predicted octanol–water partition coefficient (Wildman–Crippen LogP) is 6.27. The van der Waals surface area contributed by atoms with Gasteiger partial charge >= 0.3 is 6.18 Å². The maximum Gasteiger partial charge on any atom is 0.417 e. The number of halogens is 4. The molecule has 0 spiro atoms. The maximum atomic E-state index is 13.7. The zero-order valence-corrected chi connectivity index (χ0v) is 17.1. The van der Waals surface area contributed by atoms with Crippen LogP contribution in [-0.4, -0.2) is 16.5 Å². The third-order valence-corrected chi connectivity index (χ3v) is 5.10.